The molecule has 2 N–H and O–H groups in total. The van der Waals surface area contributed by atoms with Crippen molar-refractivity contribution >= 4 is 27.1 Å². The van der Waals surface area contributed by atoms with E-state index in [1.54, 1.807) is 61.7 Å². The Bertz CT molecular complexity index is 940. The number of hydrogen-bond acceptors (Lipinski definition) is 4. The lowest BCUT2D eigenvalue weighted by atomic mass is 10.2. The number of hydrogen-bond donors (Lipinski definition) is 2. The minimum atomic E-state index is -3.59. The molecule has 0 aliphatic rings. The van der Waals surface area contributed by atoms with Gasteiger partial charge >= 0.3 is 0 Å². The standard InChI is InChI=1S/C19H18N2O3S/c1-24-19-10-6-5-9-18(19)20-15-11-13-16(14-12-15)21-25(22,23)17-7-3-2-4-8-17/h2-14,20-21H,1H3. The van der Waals surface area contributed by atoms with Crippen molar-refractivity contribution in [3.05, 3.63) is 78.9 Å². The zero-order valence-corrected chi connectivity index (χ0v) is 14.5. The summed E-state index contributed by atoms with van der Waals surface area (Å²) < 4.78 is 32.5. The summed E-state index contributed by atoms with van der Waals surface area (Å²) in [5, 5.41) is 3.24. The van der Waals surface area contributed by atoms with E-state index in [1.807, 2.05) is 24.3 Å². The highest BCUT2D eigenvalue weighted by atomic mass is 32.2. The van der Waals surface area contributed by atoms with Gasteiger partial charge in [0.25, 0.3) is 10.0 Å². The van der Waals surface area contributed by atoms with Crippen LogP contribution in [0.25, 0.3) is 0 Å². The lowest BCUT2D eigenvalue weighted by molar-refractivity contribution is 0.417. The molecule has 5 nitrogen and oxygen atoms in total. The van der Waals surface area contributed by atoms with E-state index in [-0.39, 0.29) is 4.90 Å². The predicted octanol–water partition coefficient (Wildman–Crippen LogP) is 4.24. The van der Waals surface area contributed by atoms with E-state index < -0.39 is 10.0 Å². The van der Waals surface area contributed by atoms with Crippen molar-refractivity contribution < 1.29 is 13.2 Å². The summed E-state index contributed by atoms with van der Waals surface area (Å²) in [5.74, 6) is 0.733. The third kappa shape index (κ3) is 4.10. The third-order valence-corrected chi connectivity index (χ3v) is 4.97. The fraction of sp³-hybridized carbons (Fsp3) is 0.0526. The highest BCUT2D eigenvalue weighted by Gasteiger charge is 2.13. The number of sulfonamides is 1. The third-order valence-electron chi connectivity index (χ3n) is 3.58. The van der Waals surface area contributed by atoms with Gasteiger partial charge in [0.2, 0.25) is 0 Å². The molecule has 0 saturated heterocycles. The first-order valence-electron chi connectivity index (χ1n) is 7.66. The molecule has 3 rings (SSSR count). The van der Waals surface area contributed by atoms with Gasteiger partial charge in [-0.1, -0.05) is 30.3 Å². The average Bonchev–Trinajstić information content (AvgIpc) is 2.64. The molecule has 0 aliphatic carbocycles. The van der Waals surface area contributed by atoms with Crippen LogP contribution in [0.1, 0.15) is 0 Å². The normalized spacial score (nSPS) is 10.9. The highest BCUT2D eigenvalue weighted by Crippen LogP contribution is 2.27. The molecule has 25 heavy (non-hydrogen) atoms. The average molecular weight is 354 g/mol. The van der Waals surface area contributed by atoms with Gasteiger partial charge in [-0.25, -0.2) is 8.42 Å². The maximum Gasteiger partial charge on any atom is 0.261 e. The van der Waals surface area contributed by atoms with Crippen molar-refractivity contribution in [1.82, 2.24) is 0 Å². The molecule has 0 aliphatic heterocycles. The Morgan fingerprint density at radius 2 is 1.36 bits per heavy atom. The first-order chi connectivity index (χ1) is 12.1. The van der Waals surface area contributed by atoms with Crippen LogP contribution in [-0.2, 0) is 10.0 Å². The molecular weight excluding hydrogens is 336 g/mol. The highest BCUT2D eigenvalue weighted by molar-refractivity contribution is 7.92. The molecule has 0 saturated carbocycles. The maximum atomic E-state index is 12.3. The van der Waals surface area contributed by atoms with Crippen LogP contribution in [0.2, 0.25) is 0 Å². The molecule has 128 valence electrons. The van der Waals surface area contributed by atoms with E-state index in [0.717, 1.165) is 17.1 Å². The van der Waals surface area contributed by atoms with Gasteiger partial charge in [-0.2, -0.15) is 0 Å². The van der Waals surface area contributed by atoms with Crippen molar-refractivity contribution in [3.63, 3.8) is 0 Å². The summed E-state index contributed by atoms with van der Waals surface area (Å²) in [4.78, 5) is 0.228. The van der Waals surface area contributed by atoms with Crippen LogP contribution in [0.15, 0.2) is 83.8 Å². The van der Waals surface area contributed by atoms with Crippen LogP contribution in [0, 0.1) is 0 Å². The molecule has 0 amide bonds. The number of anilines is 3. The quantitative estimate of drug-likeness (QED) is 0.695. The number of para-hydroxylation sites is 2. The number of rotatable bonds is 6. The second-order valence-electron chi connectivity index (χ2n) is 5.32. The Hall–Kier alpha value is -2.99. The van der Waals surface area contributed by atoms with Gasteiger partial charge in [0, 0.05) is 11.4 Å². The van der Waals surface area contributed by atoms with Crippen molar-refractivity contribution in [2.24, 2.45) is 0 Å². The summed E-state index contributed by atoms with van der Waals surface area (Å²) in [5.41, 5.74) is 2.16. The molecule has 3 aromatic rings. The number of methoxy groups -OCH3 is 1. The van der Waals surface area contributed by atoms with E-state index >= 15 is 0 Å². The predicted molar refractivity (Wildman–Crippen MR) is 100.0 cm³/mol. The van der Waals surface area contributed by atoms with E-state index in [2.05, 4.69) is 10.0 Å². The van der Waals surface area contributed by atoms with Crippen molar-refractivity contribution in [2.75, 3.05) is 17.1 Å². The number of nitrogens with one attached hydrogen (secondary N) is 2. The first kappa shape index (κ1) is 16.9. The van der Waals surface area contributed by atoms with E-state index in [1.165, 1.54) is 0 Å². The van der Waals surface area contributed by atoms with Gasteiger partial charge < -0.3 is 10.1 Å². The molecule has 0 aromatic heterocycles. The Morgan fingerprint density at radius 3 is 2.04 bits per heavy atom. The summed E-state index contributed by atoms with van der Waals surface area (Å²) in [6.45, 7) is 0. The summed E-state index contributed by atoms with van der Waals surface area (Å²) in [7, 11) is -1.97. The first-order valence-corrected chi connectivity index (χ1v) is 9.15. The van der Waals surface area contributed by atoms with Gasteiger partial charge in [-0.05, 0) is 48.5 Å². The Morgan fingerprint density at radius 1 is 0.760 bits per heavy atom. The van der Waals surface area contributed by atoms with Crippen molar-refractivity contribution in [1.29, 1.82) is 0 Å². The van der Waals surface area contributed by atoms with Crippen LogP contribution in [0.4, 0.5) is 17.1 Å². The largest absolute Gasteiger partial charge is 0.495 e. The molecular formula is C19H18N2O3S. The van der Waals surface area contributed by atoms with Gasteiger partial charge in [0.15, 0.2) is 0 Å². The topological polar surface area (TPSA) is 67.4 Å². The molecule has 0 bridgehead atoms. The molecule has 0 atom stereocenters. The minimum absolute atomic E-state index is 0.228. The molecule has 0 heterocycles. The van der Waals surface area contributed by atoms with Gasteiger partial charge in [-0.3, -0.25) is 4.72 Å². The zero-order chi connectivity index (χ0) is 17.7. The van der Waals surface area contributed by atoms with E-state index in [9.17, 15) is 8.42 Å². The van der Waals surface area contributed by atoms with Crippen LogP contribution in [-0.4, -0.2) is 15.5 Å². The second-order valence-corrected chi connectivity index (χ2v) is 7.00. The maximum absolute atomic E-state index is 12.3. The lowest BCUT2D eigenvalue weighted by Gasteiger charge is -2.12. The lowest BCUT2D eigenvalue weighted by Crippen LogP contribution is -2.12. The van der Waals surface area contributed by atoms with Crippen LogP contribution in [0.3, 0.4) is 0 Å². The number of benzene rings is 3. The van der Waals surface area contributed by atoms with Crippen LogP contribution < -0.4 is 14.8 Å². The molecule has 6 heteroatoms. The van der Waals surface area contributed by atoms with Crippen LogP contribution >= 0.6 is 0 Å². The van der Waals surface area contributed by atoms with Crippen molar-refractivity contribution in [3.8, 4) is 5.75 Å². The molecule has 0 unspecified atom stereocenters. The van der Waals surface area contributed by atoms with Gasteiger partial charge in [0.1, 0.15) is 5.75 Å². The second kappa shape index (κ2) is 7.27. The molecule has 3 aromatic carbocycles. The van der Waals surface area contributed by atoms with Gasteiger partial charge in [-0.15, -0.1) is 0 Å². The van der Waals surface area contributed by atoms with Gasteiger partial charge in [0.05, 0.1) is 17.7 Å². The van der Waals surface area contributed by atoms with Crippen LogP contribution in [0.5, 0.6) is 5.75 Å². The summed E-state index contributed by atoms with van der Waals surface area (Å²) in [6, 6.07) is 22.9. The summed E-state index contributed by atoms with van der Waals surface area (Å²) in [6.07, 6.45) is 0. The Kier molecular flexibility index (Phi) is 4.90. The summed E-state index contributed by atoms with van der Waals surface area (Å²) >= 11 is 0. The van der Waals surface area contributed by atoms with Crippen molar-refractivity contribution in [2.45, 2.75) is 4.90 Å². The minimum Gasteiger partial charge on any atom is -0.495 e. The molecule has 0 radical (unpaired) electrons. The fourth-order valence-corrected chi connectivity index (χ4v) is 3.42. The molecule has 0 fully saturated rings. The zero-order valence-electron chi connectivity index (χ0n) is 13.6. The monoisotopic (exact) mass is 354 g/mol. The Labute approximate surface area is 147 Å². The molecule has 0 spiro atoms. The van der Waals surface area contributed by atoms with E-state index in [0.29, 0.717) is 5.69 Å². The van der Waals surface area contributed by atoms with E-state index in [4.69, 9.17) is 4.74 Å². The fourth-order valence-electron chi connectivity index (χ4n) is 2.34. The number of ether oxygens (including phenoxy) is 1. The Balaban J connectivity index is 1.74. The SMILES string of the molecule is COc1ccccc1Nc1ccc(NS(=O)(=O)c2ccccc2)cc1. The smallest absolute Gasteiger partial charge is 0.261 e.